The average molecular weight is 280 g/mol. The third-order valence-corrected chi connectivity index (χ3v) is 3.38. The van der Waals surface area contributed by atoms with E-state index in [1.807, 2.05) is 48.7 Å². The van der Waals surface area contributed by atoms with Gasteiger partial charge in [-0.3, -0.25) is 0 Å². The molecule has 0 aliphatic carbocycles. The minimum atomic E-state index is 0.137. The summed E-state index contributed by atoms with van der Waals surface area (Å²) in [5.74, 6) is 0.653. The number of benzene rings is 1. The fourth-order valence-electron chi connectivity index (χ4n) is 2.37. The van der Waals surface area contributed by atoms with Crippen LogP contribution in [0.5, 0.6) is 5.88 Å². The summed E-state index contributed by atoms with van der Waals surface area (Å²) in [5.41, 5.74) is 2.56. The lowest BCUT2D eigenvalue weighted by Gasteiger charge is -2.01. The average Bonchev–Trinajstić information content (AvgIpc) is 2.77. The summed E-state index contributed by atoms with van der Waals surface area (Å²) in [5, 5.41) is 19.6. The molecule has 0 unspecified atom stereocenters. The smallest absolute Gasteiger partial charge is 0.220 e. The van der Waals surface area contributed by atoms with Gasteiger partial charge in [0, 0.05) is 18.1 Å². The molecule has 5 heteroatoms. The molecule has 0 fully saturated rings. The summed E-state index contributed by atoms with van der Waals surface area (Å²) in [6.07, 6.45) is 1.66. The highest BCUT2D eigenvalue weighted by Crippen LogP contribution is 2.39. The summed E-state index contributed by atoms with van der Waals surface area (Å²) in [6.45, 7) is 4.67. The van der Waals surface area contributed by atoms with Gasteiger partial charge in [0.15, 0.2) is 11.5 Å². The Bertz CT molecular complexity index is 806. The van der Waals surface area contributed by atoms with Crippen LogP contribution < -0.4 is 0 Å². The molecule has 106 valence electrons. The second-order valence-electron chi connectivity index (χ2n) is 4.83. The topological polar surface area (TPSA) is 62.8 Å². The van der Waals surface area contributed by atoms with Crippen molar-refractivity contribution in [1.29, 1.82) is 0 Å². The van der Waals surface area contributed by atoms with Crippen molar-refractivity contribution in [2.45, 2.75) is 20.4 Å². The lowest BCUT2D eigenvalue weighted by atomic mass is 10.1. The fourth-order valence-corrected chi connectivity index (χ4v) is 2.37. The summed E-state index contributed by atoms with van der Waals surface area (Å²) < 4.78 is 1.82. The van der Waals surface area contributed by atoms with Gasteiger partial charge in [0.25, 0.3) is 0 Å². The third-order valence-electron chi connectivity index (χ3n) is 3.38. The molecule has 5 nitrogen and oxygen atoms in total. The van der Waals surface area contributed by atoms with Gasteiger partial charge < -0.3 is 9.67 Å². The highest BCUT2D eigenvalue weighted by Gasteiger charge is 2.15. The molecule has 0 spiro atoms. The van der Waals surface area contributed by atoms with Gasteiger partial charge in [-0.05, 0) is 38.1 Å². The zero-order chi connectivity index (χ0) is 14.8. The minimum absolute atomic E-state index is 0.137. The Morgan fingerprint density at radius 2 is 2.05 bits per heavy atom. The van der Waals surface area contributed by atoms with Crippen LogP contribution in [0.3, 0.4) is 0 Å². The molecule has 0 amide bonds. The maximum atomic E-state index is 10.4. The Morgan fingerprint density at radius 1 is 1.19 bits per heavy atom. The zero-order valence-electron chi connectivity index (χ0n) is 12.0. The quantitative estimate of drug-likeness (QED) is 0.719. The van der Waals surface area contributed by atoms with Gasteiger partial charge in [0.2, 0.25) is 5.88 Å². The highest BCUT2D eigenvalue weighted by atomic mass is 16.3. The molecule has 3 rings (SSSR count). The SMILES string of the molecule is CCn1c(O)c(N=Nc2ccccn2)c2cc(C)ccc21. The van der Waals surface area contributed by atoms with E-state index in [1.165, 1.54) is 0 Å². The minimum Gasteiger partial charge on any atom is -0.493 e. The number of aryl methyl sites for hydroxylation is 2. The van der Waals surface area contributed by atoms with Gasteiger partial charge >= 0.3 is 0 Å². The maximum absolute atomic E-state index is 10.4. The number of fused-ring (bicyclic) bond motifs is 1. The van der Waals surface area contributed by atoms with Gasteiger partial charge in [-0.2, -0.15) is 0 Å². The molecule has 0 atom stereocenters. The second-order valence-corrected chi connectivity index (χ2v) is 4.83. The van der Waals surface area contributed by atoms with E-state index < -0.39 is 0 Å². The largest absolute Gasteiger partial charge is 0.493 e. The molecule has 21 heavy (non-hydrogen) atoms. The van der Waals surface area contributed by atoms with Gasteiger partial charge in [0.05, 0.1) is 5.52 Å². The first-order valence-corrected chi connectivity index (χ1v) is 6.85. The van der Waals surface area contributed by atoms with Crippen LogP contribution >= 0.6 is 0 Å². The van der Waals surface area contributed by atoms with Crippen molar-refractivity contribution < 1.29 is 5.11 Å². The number of hydrogen-bond acceptors (Lipinski definition) is 4. The zero-order valence-corrected chi connectivity index (χ0v) is 12.0. The summed E-state index contributed by atoms with van der Waals surface area (Å²) in [4.78, 5) is 4.10. The first-order chi connectivity index (χ1) is 10.2. The normalized spacial score (nSPS) is 11.5. The van der Waals surface area contributed by atoms with Gasteiger partial charge in [-0.1, -0.05) is 17.7 Å². The van der Waals surface area contributed by atoms with Crippen molar-refractivity contribution in [2.75, 3.05) is 0 Å². The predicted octanol–water partition coefficient (Wildman–Crippen LogP) is 4.49. The summed E-state index contributed by atoms with van der Waals surface area (Å²) >= 11 is 0. The van der Waals surface area contributed by atoms with Crippen LogP contribution in [0.1, 0.15) is 12.5 Å². The summed E-state index contributed by atoms with van der Waals surface area (Å²) in [7, 11) is 0. The number of aromatic hydroxyl groups is 1. The maximum Gasteiger partial charge on any atom is 0.220 e. The van der Waals surface area contributed by atoms with E-state index in [4.69, 9.17) is 0 Å². The molecule has 3 aromatic rings. The van der Waals surface area contributed by atoms with E-state index in [-0.39, 0.29) is 5.88 Å². The summed E-state index contributed by atoms with van der Waals surface area (Å²) in [6, 6.07) is 11.5. The van der Waals surface area contributed by atoms with Crippen LogP contribution in [-0.2, 0) is 6.54 Å². The van der Waals surface area contributed by atoms with Gasteiger partial charge in [0.1, 0.15) is 0 Å². The number of nitrogens with zero attached hydrogens (tertiary/aromatic N) is 4. The van der Waals surface area contributed by atoms with Crippen molar-refractivity contribution in [3.8, 4) is 5.88 Å². The van der Waals surface area contributed by atoms with E-state index in [2.05, 4.69) is 15.2 Å². The Morgan fingerprint density at radius 3 is 2.76 bits per heavy atom. The first kappa shape index (κ1) is 13.3. The predicted molar refractivity (Wildman–Crippen MR) is 82.4 cm³/mol. The van der Waals surface area contributed by atoms with Crippen LogP contribution in [0.25, 0.3) is 10.9 Å². The lowest BCUT2D eigenvalue weighted by molar-refractivity contribution is 0.427. The third kappa shape index (κ3) is 2.38. The van der Waals surface area contributed by atoms with Crippen LogP contribution in [0.15, 0.2) is 52.8 Å². The van der Waals surface area contributed by atoms with Crippen molar-refractivity contribution in [3.63, 3.8) is 0 Å². The molecule has 0 aliphatic heterocycles. The Labute approximate surface area is 122 Å². The molecular weight excluding hydrogens is 264 g/mol. The molecule has 0 saturated heterocycles. The Hall–Kier alpha value is -2.69. The number of rotatable bonds is 3. The van der Waals surface area contributed by atoms with Crippen molar-refractivity contribution in [2.24, 2.45) is 10.2 Å². The van der Waals surface area contributed by atoms with E-state index in [0.29, 0.717) is 18.1 Å². The molecule has 2 heterocycles. The lowest BCUT2D eigenvalue weighted by Crippen LogP contribution is -1.91. The van der Waals surface area contributed by atoms with Crippen LogP contribution in [0.4, 0.5) is 11.5 Å². The second kappa shape index (κ2) is 5.36. The van der Waals surface area contributed by atoms with Crippen molar-refractivity contribution in [3.05, 3.63) is 48.2 Å². The van der Waals surface area contributed by atoms with Gasteiger partial charge in [-0.15, -0.1) is 10.2 Å². The molecule has 0 bridgehead atoms. The van der Waals surface area contributed by atoms with E-state index in [0.717, 1.165) is 16.5 Å². The highest BCUT2D eigenvalue weighted by molar-refractivity contribution is 5.95. The number of azo groups is 1. The molecular formula is C16H16N4O. The Kier molecular flexibility index (Phi) is 3.39. The molecule has 0 radical (unpaired) electrons. The number of pyridine rings is 1. The molecule has 0 saturated carbocycles. The fraction of sp³-hybridized carbons (Fsp3) is 0.188. The standard InChI is InChI=1S/C16H16N4O/c1-3-20-13-8-7-11(2)10-12(13)15(16(20)21)19-18-14-6-4-5-9-17-14/h4-10,21H,3H2,1-2H3. The van der Waals surface area contributed by atoms with E-state index >= 15 is 0 Å². The van der Waals surface area contributed by atoms with Crippen molar-refractivity contribution >= 4 is 22.4 Å². The molecule has 1 N–H and O–H groups in total. The molecule has 2 aromatic heterocycles. The van der Waals surface area contributed by atoms with Crippen LogP contribution in [0, 0.1) is 6.92 Å². The van der Waals surface area contributed by atoms with Gasteiger partial charge in [-0.25, -0.2) is 4.98 Å². The first-order valence-electron chi connectivity index (χ1n) is 6.85. The monoisotopic (exact) mass is 280 g/mol. The van der Waals surface area contributed by atoms with E-state index in [9.17, 15) is 5.11 Å². The Balaban J connectivity index is 2.15. The number of hydrogen-bond donors (Lipinski definition) is 1. The number of aromatic nitrogens is 2. The van der Waals surface area contributed by atoms with Crippen LogP contribution in [0.2, 0.25) is 0 Å². The van der Waals surface area contributed by atoms with E-state index in [1.54, 1.807) is 12.3 Å². The van der Waals surface area contributed by atoms with Crippen molar-refractivity contribution in [1.82, 2.24) is 9.55 Å². The molecule has 1 aromatic carbocycles. The van der Waals surface area contributed by atoms with Crippen LogP contribution in [-0.4, -0.2) is 14.7 Å². The molecule has 0 aliphatic rings.